The average molecular weight is 300 g/mol. The molecule has 1 heterocycles. The molecule has 1 aromatic carbocycles. The molecule has 2 aromatic rings. The summed E-state index contributed by atoms with van der Waals surface area (Å²) < 4.78 is 1.15. The lowest BCUT2D eigenvalue weighted by molar-refractivity contribution is 0.0946. The van der Waals surface area contributed by atoms with Gasteiger partial charge in [0.2, 0.25) is 0 Å². The molecular weight excluding hydrogens is 280 g/mol. The maximum absolute atomic E-state index is 11.9. The van der Waals surface area contributed by atoms with Gasteiger partial charge in [0.15, 0.2) is 0 Å². The van der Waals surface area contributed by atoms with Gasteiger partial charge in [0.1, 0.15) is 5.69 Å². The minimum Gasteiger partial charge on any atom is -0.375 e. The highest BCUT2D eigenvalue weighted by molar-refractivity contribution is 5.91. The van der Waals surface area contributed by atoms with Crippen LogP contribution in [0.25, 0.3) is 0 Å². The molecule has 0 bridgehead atoms. The Kier molecular flexibility index (Phi) is 5.30. The van der Waals surface area contributed by atoms with Gasteiger partial charge in [0, 0.05) is 38.9 Å². The number of aryl methyl sites for hydroxylation is 1. The first-order chi connectivity index (χ1) is 10.6. The minimum atomic E-state index is -0.266. The fraction of sp³-hybridized carbons (Fsp3) is 0.312. The molecule has 1 aromatic heterocycles. The van der Waals surface area contributed by atoms with Crippen LogP contribution in [0.5, 0.6) is 0 Å². The van der Waals surface area contributed by atoms with Crippen molar-refractivity contribution in [2.75, 3.05) is 25.0 Å². The molecule has 2 rings (SSSR count). The predicted octanol–water partition coefficient (Wildman–Crippen LogP) is 1.04. The molecule has 0 fully saturated rings. The summed E-state index contributed by atoms with van der Waals surface area (Å²) in [5, 5.41) is 6.72. The number of nitrogens with zero attached hydrogens (tertiary/aromatic N) is 3. The predicted molar refractivity (Wildman–Crippen MR) is 86.1 cm³/mol. The maximum atomic E-state index is 11.9. The van der Waals surface area contributed by atoms with Crippen molar-refractivity contribution in [3.8, 4) is 0 Å². The van der Waals surface area contributed by atoms with Crippen LogP contribution >= 0.6 is 0 Å². The summed E-state index contributed by atoms with van der Waals surface area (Å²) in [5.41, 5.74) is 1.16. The van der Waals surface area contributed by atoms with Gasteiger partial charge in [-0.05, 0) is 24.6 Å². The number of anilines is 1. The Morgan fingerprint density at radius 1 is 1.23 bits per heavy atom. The van der Waals surface area contributed by atoms with Crippen molar-refractivity contribution in [2.45, 2.75) is 6.42 Å². The molecular formula is C16H20N4O2. The number of hydrogen-bond donors (Lipinski definition) is 1. The first-order valence-corrected chi connectivity index (χ1v) is 7.16. The molecule has 0 saturated heterocycles. The third-order valence-electron chi connectivity index (χ3n) is 3.35. The van der Waals surface area contributed by atoms with E-state index in [9.17, 15) is 9.59 Å². The number of benzene rings is 1. The number of hydrogen-bond acceptors (Lipinski definition) is 4. The molecule has 1 amide bonds. The third kappa shape index (κ3) is 4.18. The monoisotopic (exact) mass is 300 g/mol. The summed E-state index contributed by atoms with van der Waals surface area (Å²) in [5.74, 6) is -0.266. The van der Waals surface area contributed by atoms with E-state index in [2.05, 4.69) is 15.3 Å². The zero-order valence-corrected chi connectivity index (χ0v) is 12.8. The molecule has 116 valence electrons. The first-order valence-electron chi connectivity index (χ1n) is 7.16. The van der Waals surface area contributed by atoms with Crippen molar-refractivity contribution in [2.24, 2.45) is 7.05 Å². The van der Waals surface area contributed by atoms with Crippen molar-refractivity contribution in [3.05, 3.63) is 58.5 Å². The molecule has 22 heavy (non-hydrogen) atoms. The molecule has 0 aliphatic heterocycles. The van der Waals surface area contributed by atoms with E-state index < -0.39 is 0 Å². The highest BCUT2D eigenvalue weighted by Gasteiger charge is 2.08. The number of nitrogens with one attached hydrogen (secondary N) is 1. The lowest BCUT2D eigenvalue weighted by atomic mass is 10.3. The van der Waals surface area contributed by atoms with E-state index in [4.69, 9.17) is 0 Å². The van der Waals surface area contributed by atoms with Crippen molar-refractivity contribution in [3.63, 3.8) is 0 Å². The zero-order valence-electron chi connectivity index (χ0n) is 12.8. The molecule has 0 radical (unpaired) electrons. The van der Waals surface area contributed by atoms with Crippen LogP contribution in [0.4, 0.5) is 5.69 Å². The Morgan fingerprint density at radius 3 is 2.64 bits per heavy atom. The molecule has 6 nitrogen and oxygen atoms in total. The van der Waals surface area contributed by atoms with Gasteiger partial charge >= 0.3 is 0 Å². The van der Waals surface area contributed by atoms with Crippen LogP contribution in [0.1, 0.15) is 16.9 Å². The fourth-order valence-electron chi connectivity index (χ4n) is 2.04. The molecule has 0 unspecified atom stereocenters. The summed E-state index contributed by atoms with van der Waals surface area (Å²) in [6.07, 6.45) is 0.822. The minimum absolute atomic E-state index is 0.235. The van der Waals surface area contributed by atoms with Gasteiger partial charge in [0.05, 0.1) is 0 Å². The molecule has 0 aliphatic rings. The lowest BCUT2D eigenvalue weighted by Crippen LogP contribution is -2.30. The number of carbonyl (C=O) groups excluding carboxylic acids is 1. The number of rotatable bonds is 6. The van der Waals surface area contributed by atoms with Crippen LogP contribution in [0.2, 0.25) is 0 Å². The van der Waals surface area contributed by atoms with E-state index in [-0.39, 0.29) is 17.2 Å². The Hall–Kier alpha value is -2.63. The number of amides is 1. The van der Waals surface area contributed by atoms with Gasteiger partial charge in [-0.3, -0.25) is 9.59 Å². The average Bonchev–Trinajstić information content (AvgIpc) is 2.54. The Balaban J connectivity index is 1.77. The van der Waals surface area contributed by atoms with E-state index in [1.807, 2.05) is 37.4 Å². The quantitative estimate of drug-likeness (QED) is 0.809. The van der Waals surface area contributed by atoms with E-state index in [0.717, 1.165) is 23.3 Å². The molecule has 0 spiro atoms. The van der Waals surface area contributed by atoms with Crippen molar-refractivity contribution in [1.82, 2.24) is 15.1 Å². The van der Waals surface area contributed by atoms with Gasteiger partial charge in [-0.2, -0.15) is 5.10 Å². The van der Waals surface area contributed by atoms with Gasteiger partial charge < -0.3 is 10.2 Å². The molecule has 6 heteroatoms. The van der Waals surface area contributed by atoms with Gasteiger partial charge in [-0.1, -0.05) is 18.2 Å². The van der Waals surface area contributed by atoms with E-state index in [1.165, 1.54) is 19.2 Å². The van der Waals surface area contributed by atoms with Crippen LogP contribution in [0, 0.1) is 0 Å². The Bertz CT molecular complexity index is 682. The topological polar surface area (TPSA) is 67.2 Å². The van der Waals surface area contributed by atoms with Crippen LogP contribution in [-0.2, 0) is 7.05 Å². The van der Waals surface area contributed by atoms with E-state index in [1.54, 1.807) is 0 Å². The molecule has 0 saturated carbocycles. The highest BCUT2D eigenvalue weighted by Crippen LogP contribution is 2.10. The van der Waals surface area contributed by atoms with Crippen LogP contribution in [0.3, 0.4) is 0 Å². The van der Waals surface area contributed by atoms with Crippen molar-refractivity contribution < 1.29 is 4.79 Å². The zero-order chi connectivity index (χ0) is 15.9. The first kappa shape index (κ1) is 15.8. The van der Waals surface area contributed by atoms with Crippen LogP contribution in [-0.4, -0.2) is 35.8 Å². The molecule has 1 N–H and O–H groups in total. The fourth-order valence-corrected chi connectivity index (χ4v) is 2.04. The second-order valence-electron chi connectivity index (χ2n) is 5.05. The summed E-state index contributed by atoms with van der Waals surface area (Å²) in [4.78, 5) is 25.3. The smallest absolute Gasteiger partial charge is 0.271 e. The normalized spacial score (nSPS) is 10.3. The largest absolute Gasteiger partial charge is 0.375 e. The summed E-state index contributed by atoms with van der Waals surface area (Å²) >= 11 is 0. The van der Waals surface area contributed by atoms with Gasteiger partial charge in [-0.25, -0.2) is 4.68 Å². The van der Waals surface area contributed by atoms with E-state index >= 15 is 0 Å². The van der Waals surface area contributed by atoms with E-state index in [0.29, 0.717) is 6.54 Å². The van der Waals surface area contributed by atoms with Crippen LogP contribution < -0.4 is 15.8 Å². The SMILES string of the molecule is CN(CCCNC(=O)c1ccc(=O)n(C)n1)c1ccccc1. The number of para-hydroxylation sites is 1. The summed E-state index contributed by atoms with van der Waals surface area (Å²) in [6, 6.07) is 12.9. The summed E-state index contributed by atoms with van der Waals surface area (Å²) in [7, 11) is 3.54. The standard InChI is InChI=1S/C16H20N4O2/c1-19(13-7-4-3-5-8-13)12-6-11-17-16(22)14-9-10-15(21)20(2)18-14/h3-5,7-10H,6,11-12H2,1-2H3,(H,17,22). The van der Waals surface area contributed by atoms with Crippen molar-refractivity contribution >= 4 is 11.6 Å². The van der Waals surface area contributed by atoms with Gasteiger partial charge in [0.25, 0.3) is 11.5 Å². The number of carbonyl (C=O) groups is 1. The summed E-state index contributed by atoms with van der Waals surface area (Å²) in [6.45, 7) is 1.39. The molecule has 0 atom stereocenters. The van der Waals surface area contributed by atoms with Crippen LogP contribution in [0.15, 0.2) is 47.3 Å². The highest BCUT2D eigenvalue weighted by atomic mass is 16.2. The second kappa shape index (κ2) is 7.40. The lowest BCUT2D eigenvalue weighted by Gasteiger charge is -2.19. The Labute approximate surface area is 129 Å². The maximum Gasteiger partial charge on any atom is 0.271 e. The second-order valence-corrected chi connectivity index (χ2v) is 5.05. The van der Waals surface area contributed by atoms with Crippen molar-refractivity contribution in [1.29, 1.82) is 0 Å². The third-order valence-corrected chi connectivity index (χ3v) is 3.35. The molecule has 0 aliphatic carbocycles. The Morgan fingerprint density at radius 2 is 1.95 bits per heavy atom. The number of aromatic nitrogens is 2. The van der Waals surface area contributed by atoms with Gasteiger partial charge in [-0.15, -0.1) is 0 Å².